The van der Waals surface area contributed by atoms with E-state index in [1.54, 1.807) is 28.6 Å². The second-order valence-corrected chi connectivity index (χ2v) is 8.36. The molecule has 2 aromatic heterocycles. The van der Waals surface area contributed by atoms with Crippen molar-refractivity contribution in [2.24, 2.45) is 0 Å². The molecule has 0 aliphatic carbocycles. The van der Waals surface area contributed by atoms with Gasteiger partial charge in [0.1, 0.15) is 11.3 Å². The van der Waals surface area contributed by atoms with E-state index in [0.29, 0.717) is 28.3 Å². The molecule has 0 bridgehead atoms. The zero-order chi connectivity index (χ0) is 21.5. The van der Waals surface area contributed by atoms with E-state index in [4.69, 9.17) is 9.15 Å². The van der Waals surface area contributed by atoms with Crippen molar-refractivity contribution in [3.8, 4) is 5.75 Å². The van der Waals surface area contributed by atoms with Crippen LogP contribution in [-0.4, -0.2) is 17.5 Å². The van der Waals surface area contributed by atoms with Crippen LogP contribution in [0.2, 0.25) is 0 Å². The molecule has 0 spiro atoms. The molecular formula is C24H20N2O4S. The van der Waals surface area contributed by atoms with Crippen LogP contribution in [0.25, 0.3) is 11.0 Å². The van der Waals surface area contributed by atoms with Crippen LogP contribution in [0.4, 0.5) is 5.13 Å². The fourth-order valence-corrected chi connectivity index (χ4v) is 4.57. The predicted molar refractivity (Wildman–Crippen MR) is 120 cm³/mol. The second kappa shape index (κ2) is 7.67. The van der Waals surface area contributed by atoms with Gasteiger partial charge in [0.25, 0.3) is 5.91 Å². The van der Waals surface area contributed by atoms with E-state index in [-0.39, 0.29) is 17.1 Å². The first kappa shape index (κ1) is 19.5. The standard InChI is InChI=1S/C24H20N2O4S/c1-3-11-29-16-7-5-15(6-8-16)20-19-21(27)17-13-14(2)4-9-18(17)30-22(19)23(28)26(20)24-25-10-12-31-24/h4-10,12-13,20H,3,11H2,1-2H3/t20-/m0/s1. The SMILES string of the molecule is CCCOc1ccc([C@H]2c3c(oc4ccc(C)cc4c3=O)C(=O)N2c2nccs2)cc1. The minimum absolute atomic E-state index is 0.0767. The maximum atomic E-state index is 13.5. The summed E-state index contributed by atoms with van der Waals surface area (Å²) in [4.78, 5) is 32.8. The van der Waals surface area contributed by atoms with Crippen molar-refractivity contribution in [1.82, 2.24) is 4.98 Å². The van der Waals surface area contributed by atoms with Gasteiger partial charge >= 0.3 is 0 Å². The number of benzene rings is 2. The van der Waals surface area contributed by atoms with Gasteiger partial charge in [-0.2, -0.15) is 0 Å². The van der Waals surface area contributed by atoms with E-state index >= 15 is 0 Å². The van der Waals surface area contributed by atoms with E-state index in [0.717, 1.165) is 23.3 Å². The smallest absolute Gasteiger partial charge is 0.297 e. The van der Waals surface area contributed by atoms with Crippen LogP contribution in [0.5, 0.6) is 5.75 Å². The van der Waals surface area contributed by atoms with E-state index in [9.17, 15) is 9.59 Å². The van der Waals surface area contributed by atoms with Crippen LogP contribution in [0.15, 0.2) is 63.3 Å². The largest absolute Gasteiger partial charge is 0.494 e. The number of carbonyl (C=O) groups excluding carboxylic acids is 1. The number of ether oxygens (including phenoxy) is 1. The third-order valence-corrected chi connectivity index (χ3v) is 6.09. The van der Waals surface area contributed by atoms with Crippen LogP contribution < -0.4 is 15.1 Å². The minimum Gasteiger partial charge on any atom is -0.494 e. The minimum atomic E-state index is -0.616. The van der Waals surface area contributed by atoms with Gasteiger partial charge in [-0.1, -0.05) is 30.7 Å². The maximum Gasteiger partial charge on any atom is 0.297 e. The lowest BCUT2D eigenvalue weighted by molar-refractivity contribution is 0.0971. The number of rotatable bonds is 5. The van der Waals surface area contributed by atoms with Crippen LogP contribution >= 0.6 is 11.3 Å². The molecule has 0 saturated carbocycles. The Hall–Kier alpha value is -3.45. The number of thiazole rings is 1. The molecule has 3 heterocycles. The molecule has 1 atom stereocenters. The molecule has 6 nitrogen and oxygen atoms in total. The van der Waals surface area contributed by atoms with Crippen molar-refractivity contribution in [2.45, 2.75) is 26.3 Å². The summed E-state index contributed by atoms with van der Waals surface area (Å²) in [6.07, 6.45) is 2.56. The Bertz CT molecular complexity index is 1330. The lowest BCUT2D eigenvalue weighted by Crippen LogP contribution is -2.29. The molecule has 156 valence electrons. The molecule has 1 amide bonds. The Kier molecular flexibility index (Phi) is 4.82. The van der Waals surface area contributed by atoms with E-state index in [2.05, 4.69) is 4.98 Å². The summed E-state index contributed by atoms with van der Waals surface area (Å²) in [6.45, 7) is 4.60. The number of aryl methyl sites for hydroxylation is 1. The van der Waals surface area contributed by atoms with E-state index < -0.39 is 6.04 Å². The summed E-state index contributed by atoms with van der Waals surface area (Å²) in [5.74, 6) is 0.464. The van der Waals surface area contributed by atoms with Gasteiger partial charge in [-0.3, -0.25) is 14.5 Å². The molecule has 31 heavy (non-hydrogen) atoms. The second-order valence-electron chi connectivity index (χ2n) is 7.48. The highest BCUT2D eigenvalue weighted by Gasteiger charge is 2.44. The summed E-state index contributed by atoms with van der Waals surface area (Å²) >= 11 is 1.35. The van der Waals surface area contributed by atoms with Crippen molar-refractivity contribution in [3.05, 3.63) is 86.7 Å². The molecule has 0 unspecified atom stereocenters. The first-order chi connectivity index (χ1) is 15.1. The van der Waals surface area contributed by atoms with Gasteiger partial charge in [0.15, 0.2) is 10.6 Å². The summed E-state index contributed by atoms with van der Waals surface area (Å²) in [6, 6.07) is 12.3. The van der Waals surface area contributed by atoms with E-state index in [1.807, 2.05) is 44.2 Å². The first-order valence-corrected chi connectivity index (χ1v) is 11.0. The number of hydrogen-bond donors (Lipinski definition) is 0. The number of fused-ring (bicyclic) bond motifs is 2. The topological polar surface area (TPSA) is 72.6 Å². The van der Waals surface area contributed by atoms with Crippen LogP contribution in [0.3, 0.4) is 0 Å². The number of carbonyl (C=O) groups is 1. The zero-order valence-electron chi connectivity index (χ0n) is 17.1. The van der Waals surface area contributed by atoms with E-state index in [1.165, 1.54) is 11.3 Å². The third kappa shape index (κ3) is 3.21. The van der Waals surface area contributed by atoms with Crippen molar-refractivity contribution in [1.29, 1.82) is 0 Å². The lowest BCUT2D eigenvalue weighted by atomic mass is 9.98. The quantitative estimate of drug-likeness (QED) is 0.439. The highest BCUT2D eigenvalue weighted by Crippen LogP contribution is 2.42. The fourth-order valence-electron chi connectivity index (χ4n) is 3.90. The highest BCUT2D eigenvalue weighted by atomic mass is 32.1. The zero-order valence-corrected chi connectivity index (χ0v) is 17.9. The first-order valence-electron chi connectivity index (χ1n) is 10.1. The van der Waals surface area contributed by atoms with Gasteiger partial charge in [0, 0.05) is 11.6 Å². The Morgan fingerprint density at radius 1 is 1.16 bits per heavy atom. The summed E-state index contributed by atoms with van der Waals surface area (Å²) < 4.78 is 11.7. The fraction of sp³-hybridized carbons (Fsp3) is 0.208. The van der Waals surface area contributed by atoms with Crippen molar-refractivity contribution < 1.29 is 13.9 Å². The van der Waals surface area contributed by atoms with Gasteiger partial charge in [0.2, 0.25) is 5.76 Å². The van der Waals surface area contributed by atoms with Crippen LogP contribution in [0, 0.1) is 6.92 Å². The Morgan fingerprint density at radius 2 is 1.97 bits per heavy atom. The monoisotopic (exact) mass is 432 g/mol. The van der Waals surface area contributed by atoms with Gasteiger partial charge < -0.3 is 9.15 Å². The summed E-state index contributed by atoms with van der Waals surface area (Å²) in [7, 11) is 0. The normalized spacial score (nSPS) is 15.5. The molecule has 0 saturated heterocycles. The number of anilines is 1. The van der Waals surface area contributed by atoms with Gasteiger partial charge in [-0.05, 0) is 43.2 Å². The summed E-state index contributed by atoms with van der Waals surface area (Å²) in [5, 5.41) is 2.80. The number of amides is 1. The van der Waals surface area contributed by atoms with Crippen molar-refractivity contribution in [2.75, 3.05) is 11.5 Å². The molecule has 0 fully saturated rings. The predicted octanol–water partition coefficient (Wildman–Crippen LogP) is 5.10. The number of hydrogen-bond acceptors (Lipinski definition) is 6. The molecule has 1 aliphatic rings. The van der Waals surface area contributed by atoms with Gasteiger partial charge in [0.05, 0.1) is 23.6 Å². The Balaban J connectivity index is 1.71. The average molecular weight is 433 g/mol. The third-order valence-electron chi connectivity index (χ3n) is 5.32. The lowest BCUT2D eigenvalue weighted by Gasteiger charge is -2.22. The van der Waals surface area contributed by atoms with Crippen molar-refractivity contribution >= 4 is 33.3 Å². The Labute approximate surface area is 182 Å². The van der Waals surface area contributed by atoms with Gasteiger partial charge in [-0.15, -0.1) is 11.3 Å². The summed E-state index contributed by atoms with van der Waals surface area (Å²) in [5.41, 5.74) is 2.32. The molecule has 7 heteroatoms. The molecule has 4 aromatic rings. The molecule has 1 aliphatic heterocycles. The number of aromatic nitrogens is 1. The molecule has 0 N–H and O–H groups in total. The molecular weight excluding hydrogens is 412 g/mol. The molecule has 0 radical (unpaired) electrons. The van der Waals surface area contributed by atoms with Crippen LogP contribution in [0.1, 0.15) is 46.6 Å². The average Bonchev–Trinajstić information content (AvgIpc) is 3.40. The number of nitrogens with zero attached hydrogens (tertiary/aromatic N) is 2. The van der Waals surface area contributed by atoms with Gasteiger partial charge in [-0.25, -0.2) is 4.98 Å². The van der Waals surface area contributed by atoms with Crippen LogP contribution in [-0.2, 0) is 0 Å². The highest BCUT2D eigenvalue weighted by molar-refractivity contribution is 7.13. The Morgan fingerprint density at radius 3 is 2.68 bits per heavy atom. The van der Waals surface area contributed by atoms with Crippen molar-refractivity contribution in [3.63, 3.8) is 0 Å². The maximum absolute atomic E-state index is 13.5. The molecule has 5 rings (SSSR count). The molecule has 2 aromatic carbocycles.